The average molecular weight is 298 g/mol. The molecule has 0 saturated carbocycles. The molecular weight excluding hydrogens is 289 g/mol. The minimum atomic E-state index is -4.35. The van der Waals surface area contributed by atoms with Gasteiger partial charge in [0.05, 0.1) is 7.11 Å². The normalized spacial score (nSPS) is 12.0. The van der Waals surface area contributed by atoms with Crippen LogP contribution >= 0.6 is 11.3 Å². The third kappa shape index (κ3) is 2.03. The number of hydrogen-bond acceptors (Lipinski definition) is 3. The fourth-order valence-electron chi connectivity index (χ4n) is 2.06. The van der Waals surface area contributed by atoms with Crippen LogP contribution in [0.3, 0.4) is 0 Å². The van der Waals surface area contributed by atoms with E-state index in [9.17, 15) is 13.2 Å². The van der Waals surface area contributed by atoms with Gasteiger partial charge < -0.3 is 9.72 Å². The van der Waals surface area contributed by atoms with Crippen molar-refractivity contribution in [2.24, 2.45) is 0 Å². The van der Waals surface area contributed by atoms with E-state index in [1.165, 1.54) is 24.8 Å². The van der Waals surface area contributed by atoms with Gasteiger partial charge in [-0.1, -0.05) is 0 Å². The van der Waals surface area contributed by atoms with E-state index in [1.807, 2.05) is 0 Å². The largest absolute Gasteiger partial charge is 0.481 e. The number of aromatic amines is 1. The number of thiophene rings is 1. The van der Waals surface area contributed by atoms with Crippen LogP contribution in [0.5, 0.6) is 5.88 Å². The molecule has 3 rings (SSSR count). The second-order valence-corrected chi connectivity index (χ2v) is 5.03. The van der Waals surface area contributed by atoms with Gasteiger partial charge >= 0.3 is 6.18 Å². The number of halogens is 3. The van der Waals surface area contributed by atoms with Crippen LogP contribution in [0.2, 0.25) is 0 Å². The average Bonchev–Trinajstić information content (AvgIpc) is 3.02. The highest BCUT2D eigenvalue weighted by molar-refractivity contribution is 7.10. The first kappa shape index (κ1) is 13.0. The van der Waals surface area contributed by atoms with Gasteiger partial charge in [0.1, 0.15) is 10.5 Å². The highest BCUT2D eigenvalue weighted by Gasteiger charge is 2.35. The molecule has 3 aromatic rings. The van der Waals surface area contributed by atoms with E-state index in [4.69, 9.17) is 4.74 Å². The number of alkyl halides is 3. The summed E-state index contributed by atoms with van der Waals surface area (Å²) in [4.78, 5) is 6.43. The summed E-state index contributed by atoms with van der Waals surface area (Å²) in [7, 11) is 1.48. The Hall–Kier alpha value is -2.02. The Kier molecular flexibility index (Phi) is 2.93. The quantitative estimate of drug-likeness (QED) is 0.765. The Morgan fingerprint density at radius 3 is 2.70 bits per heavy atom. The summed E-state index contributed by atoms with van der Waals surface area (Å²) in [6, 6.07) is 4.80. The lowest BCUT2D eigenvalue weighted by Gasteiger charge is -2.06. The molecular formula is C13H9F3N2OS. The first-order valence-electron chi connectivity index (χ1n) is 5.68. The van der Waals surface area contributed by atoms with E-state index in [0.29, 0.717) is 33.8 Å². The van der Waals surface area contributed by atoms with E-state index in [1.54, 1.807) is 12.1 Å². The molecule has 0 radical (unpaired) electrons. The monoisotopic (exact) mass is 298 g/mol. The van der Waals surface area contributed by atoms with Gasteiger partial charge in [0, 0.05) is 28.8 Å². The number of H-pyrrole nitrogens is 1. The molecule has 0 aliphatic carbocycles. The number of hydrogen-bond donors (Lipinski definition) is 1. The minimum Gasteiger partial charge on any atom is -0.481 e. The minimum absolute atomic E-state index is 0.167. The molecule has 7 heteroatoms. The van der Waals surface area contributed by atoms with Crippen molar-refractivity contribution in [1.29, 1.82) is 0 Å². The van der Waals surface area contributed by atoms with Crippen molar-refractivity contribution < 1.29 is 17.9 Å². The van der Waals surface area contributed by atoms with Crippen molar-refractivity contribution in [2.45, 2.75) is 6.18 Å². The van der Waals surface area contributed by atoms with Crippen LogP contribution in [-0.4, -0.2) is 17.1 Å². The summed E-state index contributed by atoms with van der Waals surface area (Å²) < 4.78 is 43.9. The first-order chi connectivity index (χ1) is 9.50. The van der Waals surface area contributed by atoms with Crippen LogP contribution in [0.25, 0.3) is 22.2 Å². The summed E-state index contributed by atoms with van der Waals surface area (Å²) in [5.41, 5.74) is 1.16. The van der Waals surface area contributed by atoms with Crippen molar-refractivity contribution in [3.8, 4) is 17.0 Å². The van der Waals surface area contributed by atoms with Crippen molar-refractivity contribution in [3.63, 3.8) is 0 Å². The standard InChI is InChI=1S/C13H9F3N2OS/c1-19-10-3-2-8-9(6-17-12(8)18-10)7-4-5-20-11(7)13(14,15)16/h2-6H,1H3,(H,17,18). The zero-order valence-corrected chi connectivity index (χ0v) is 11.1. The molecule has 3 aromatic heterocycles. The summed E-state index contributed by atoms with van der Waals surface area (Å²) >= 11 is 0.687. The Balaban J connectivity index is 2.19. The third-order valence-corrected chi connectivity index (χ3v) is 3.89. The van der Waals surface area contributed by atoms with Crippen LogP contribution in [-0.2, 0) is 6.18 Å². The maximum Gasteiger partial charge on any atom is 0.426 e. The molecule has 0 aromatic carbocycles. The fourth-order valence-corrected chi connectivity index (χ4v) is 2.84. The lowest BCUT2D eigenvalue weighted by Crippen LogP contribution is -2.03. The zero-order chi connectivity index (χ0) is 14.3. The number of rotatable bonds is 2. The number of ether oxygens (including phenoxy) is 1. The van der Waals surface area contributed by atoms with Gasteiger partial charge in [0.15, 0.2) is 0 Å². The van der Waals surface area contributed by atoms with E-state index >= 15 is 0 Å². The van der Waals surface area contributed by atoms with Crippen molar-refractivity contribution >= 4 is 22.4 Å². The second-order valence-electron chi connectivity index (χ2n) is 4.11. The molecule has 0 amide bonds. The Labute approximate surface area is 116 Å². The molecule has 104 valence electrons. The Morgan fingerprint density at radius 2 is 2.00 bits per heavy atom. The van der Waals surface area contributed by atoms with Crippen LogP contribution in [0, 0.1) is 0 Å². The molecule has 0 spiro atoms. The van der Waals surface area contributed by atoms with Gasteiger partial charge in [-0.15, -0.1) is 11.3 Å². The SMILES string of the molecule is COc1ccc2c(-c3ccsc3C(F)(F)F)c[nH]c2n1. The maximum atomic E-state index is 13.0. The number of aromatic nitrogens is 2. The molecule has 3 nitrogen and oxygen atoms in total. The van der Waals surface area contributed by atoms with E-state index in [2.05, 4.69) is 9.97 Å². The van der Waals surface area contributed by atoms with Crippen LogP contribution < -0.4 is 4.74 Å². The van der Waals surface area contributed by atoms with Crippen LogP contribution in [0.4, 0.5) is 13.2 Å². The van der Waals surface area contributed by atoms with Gasteiger partial charge in [-0.2, -0.15) is 18.2 Å². The van der Waals surface area contributed by atoms with Gasteiger partial charge in [-0.05, 0) is 17.5 Å². The fraction of sp³-hybridized carbons (Fsp3) is 0.154. The third-order valence-electron chi connectivity index (χ3n) is 2.94. The van der Waals surface area contributed by atoms with Gasteiger partial charge in [0.2, 0.25) is 5.88 Å². The number of nitrogens with zero attached hydrogens (tertiary/aromatic N) is 1. The highest BCUT2D eigenvalue weighted by atomic mass is 32.1. The molecule has 0 fully saturated rings. The first-order valence-corrected chi connectivity index (χ1v) is 6.56. The van der Waals surface area contributed by atoms with Crippen molar-refractivity contribution in [3.05, 3.63) is 34.7 Å². The summed E-state index contributed by atoms with van der Waals surface area (Å²) in [5, 5.41) is 2.07. The predicted molar refractivity (Wildman–Crippen MR) is 71.0 cm³/mol. The number of pyridine rings is 1. The van der Waals surface area contributed by atoms with E-state index < -0.39 is 11.1 Å². The Morgan fingerprint density at radius 1 is 1.20 bits per heavy atom. The summed E-state index contributed by atoms with van der Waals surface area (Å²) in [6.07, 6.45) is -2.82. The molecule has 3 heterocycles. The van der Waals surface area contributed by atoms with Crippen LogP contribution in [0.1, 0.15) is 4.88 Å². The summed E-state index contributed by atoms with van der Waals surface area (Å²) in [5.74, 6) is 0.410. The smallest absolute Gasteiger partial charge is 0.426 e. The topological polar surface area (TPSA) is 37.9 Å². The van der Waals surface area contributed by atoms with Crippen LogP contribution in [0.15, 0.2) is 29.8 Å². The number of nitrogens with one attached hydrogen (secondary N) is 1. The van der Waals surface area contributed by atoms with Gasteiger partial charge in [-0.3, -0.25) is 0 Å². The number of fused-ring (bicyclic) bond motifs is 1. The molecule has 0 atom stereocenters. The zero-order valence-electron chi connectivity index (χ0n) is 10.3. The van der Waals surface area contributed by atoms with E-state index in [0.717, 1.165) is 0 Å². The lowest BCUT2D eigenvalue weighted by molar-refractivity contribution is -0.133. The number of methoxy groups -OCH3 is 1. The van der Waals surface area contributed by atoms with Crippen molar-refractivity contribution in [2.75, 3.05) is 7.11 Å². The molecule has 0 aliphatic rings. The van der Waals surface area contributed by atoms with Gasteiger partial charge in [0.25, 0.3) is 0 Å². The second kappa shape index (κ2) is 4.52. The van der Waals surface area contributed by atoms with Crippen molar-refractivity contribution in [1.82, 2.24) is 9.97 Å². The predicted octanol–water partition coefficient (Wildman–Crippen LogP) is 4.32. The molecule has 0 saturated heterocycles. The molecule has 20 heavy (non-hydrogen) atoms. The molecule has 0 bridgehead atoms. The molecule has 1 N–H and O–H groups in total. The lowest BCUT2D eigenvalue weighted by atomic mass is 10.1. The summed E-state index contributed by atoms with van der Waals surface area (Å²) in [6.45, 7) is 0. The molecule has 0 unspecified atom stereocenters. The Bertz CT molecular complexity index is 760. The van der Waals surface area contributed by atoms with E-state index in [-0.39, 0.29) is 5.56 Å². The highest BCUT2D eigenvalue weighted by Crippen LogP contribution is 2.42. The molecule has 0 aliphatic heterocycles. The maximum absolute atomic E-state index is 13.0. The van der Waals surface area contributed by atoms with Gasteiger partial charge in [-0.25, -0.2) is 0 Å².